The van der Waals surface area contributed by atoms with Gasteiger partial charge in [-0.15, -0.1) is 0 Å². The summed E-state index contributed by atoms with van der Waals surface area (Å²) in [7, 11) is 0. The molecule has 1 aromatic rings. The van der Waals surface area contributed by atoms with Crippen molar-refractivity contribution in [1.82, 2.24) is 0 Å². The van der Waals surface area contributed by atoms with Crippen molar-refractivity contribution >= 4 is 22.0 Å². The molecule has 0 amide bonds. The Balaban J connectivity index is 2.07. The van der Waals surface area contributed by atoms with E-state index in [0.29, 0.717) is 0 Å². The van der Waals surface area contributed by atoms with E-state index in [2.05, 4.69) is 40.2 Å². The number of ether oxygens (including phenoxy) is 2. The van der Waals surface area contributed by atoms with Crippen molar-refractivity contribution < 1.29 is 9.47 Å². The van der Waals surface area contributed by atoms with Crippen molar-refractivity contribution in [3.8, 4) is 0 Å². The van der Waals surface area contributed by atoms with E-state index >= 15 is 0 Å². The molecular formula is C13H13BrO2. The molecule has 3 heteroatoms. The molecule has 1 aliphatic carbocycles. The Morgan fingerprint density at radius 2 is 2.06 bits per heavy atom. The Bertz CT molecular complexity index is 465. The van der Waals surface area contributed by atoms with Crippen molar-refractivity contribution in [3.63, 3.8) is 0 Å². The van der Waals surface area contributed by atoms with Gasteiger partial charge in [0, 0.05) is 4.47 Å². The van der Waals surface area contributed by atoms with Crippen LogP contribution in [0.3, 0.4) is 0 Å². The summed E-state index contributed by atoms with van der Waals surface area (Å²) in [5.41, 5.74) is 2.42. The fraction of sp³-hybridized carbons (Fsp3) is 0.385. The normalized spacial score (nSPS) is 29.9. The number of fused-ring (bicyclic) bond motifs is 3. The Morgan fingerprint density at radius 3 is 2.88 bits per heavy atom. The van der Waals surface area contributed by atoms with Crippen molar-refractivity contribution in [2.24, 2.45) is 0 Å². The van der Waals surface area contributed by atoms with Crippen LogP contribution >= 0.6 is 15.9 Å². The lowest BCUT2D eigenvalue weighted by molar-refractivity contribution is -0.143. The van der Waals surface area contributed by atoms with E-state index in [4.69, 9.17) is 9.47 Å². The van der Waals surface area contributed by atoms with E-state index in [9.17, 15) is 0 Å². The number of hydrogen-bond acceptors (Lipinski definition) is 2. The Morgan fingerprint density at radius 1 is 1.25 bits per heavy atom. The van der Waals surface area contributed by atoms with Crippen LogP contribution < -0.4 is 0 Å². The highest BCUT2D eigenvalue weighted by Crippen LogP contribution is 2.43. The van der Waals surface area contributed by atoms with Crippen molar-refractivity contribution in [1.29, 1.82) is 0 Å². The summed E-state index contributed by atoms with van der Waals surface area (Å²) in [6.07, 6.45) is 4.24. The predicted octanol–water partition coefficient (Wildman–Crippen LogP) is 3.67. The van der Waals surface area contributed by atoms with E-state index in [-0.39, 0.29) is 12.2 Å². The smallest absolute Gasteiger partial charge is 0.164 e. The Kier molecular flexibility index (Phi) is 2.25. The van der Waals surface area contributed by atoms with Gasteiger partial charge in [-0.2, -0.15) is 0 Å². The third-order valence-electron chi connectivity index (χ3n) is 2.95. The molecule has 0 unspecified atom stereocenters. The molecule has 0 N–H and O–H groups in total. The predicted molar refractivity (Wildman–Crippen MR) is 66.0 cm³/mol. The number of hydrogen-bond donors (Lipinski definition) is 0. The molecule has 0 saturated carbocycles. The minimum Gasteiger partial charge on any atom is -0.340 e. The molecule has 2 aliphatic rings. The van der Waals surface area contributed by atoms with Gasteiger partial charge in [0.1, 0.15) is 12.2 Å². The molecule has 0 spiro atoms. The van der Waals surface area contributed by atoms with E-state index in [1.54, 1.807) is 0 Å². The molecule has 2 nitrogen and oxygen atoms in total. The molecule has 0 aromatic heterocycles. The largest absolute Gasteiger partial charge is 0.340 e. The van der Waals surface area contributed by atoms with Gasteiger partial charge in [-0.05, 0) is 37.1 Å². The van der Waals surface area contributed by atoms with Gasteiger partial charge >= 0.3 is 0 Å². The quantitative estimate of drug-likeness (QED) is 0.722. The summed E-state index contributed by atoms with van der Waals surface area (Å²) in [4.78, 5) is 0. The molecule has 1 aromatic carbocycles. The monoisotopic (exact) mass is 280 g/mol. The molecule has 0 radical (unpaired) electrons. The van der Waals surface area contributed by atoms with Gasteiger partial charge < -0.3 is 9.47 Å². The molecule has 1 heterocycles. The van der Waals surface area contributed by atoms with Gasteiger partial charge in [0.2, 0.25) is 0 Å². The van der Waals surface area contributed by atoms with E-state index in [0.717, 1.165) is 4.47 Å². The zero-order valence-electron chi connectivity index (χ0n) is 9.24. The average molecular weight is 281 g/mol. The second-order valence-corrected chi connectivity index (χ2v) is 5.57. The first-order valence-electron chi connectivity index (χ1n) is 5.38. The zero-order chi connectivity index (χ0) is 11.3. The van der Waals surface area contributed by atoms with Crippen LogP contribution in [0.2, 0.25) is 0 Å². The van der Waals surface area contributed by atoms with E-state index < -0.39 is 5.79 Å². The number of halogens is 1. The maximum Gasteiger partial charge on any atom is 0.164 e. The van der Waals surface area contributed by atoms with E-state index in [1.807, 2.05) is 19.9 Å². The SMILES string of the molecule is CC1(C)O[C@H]2C=Cc3ccc(Br)cc3[C@H]2O1. The second-order valence-electron chi connectivity index (χ2n) is 4.65. The van der Waals surface area contributed by atoms with Crippen LogP contribution in [0.25, 0.3) is 6.08 Å². The van der Waals surface area contributed by atoms with Crippen LogP contribution in [-0.4, -0.2) is 11.9 Å². The maximum atomic E-state index is 5.94. The van der Waals surface area contributed by atoms with Crippen LogP contribution in [0.15, 0.2) is 28.7 Å². The molecule has 2 atom stereocenters. The van der Waals surface area contributed by atoms with Crippen LogP contribution in [0, 0.1) is 0 Å². The first-order chi connectivity index (χ1) is 7.55. The van der Waals surface area contributed by atoms with Crippen molar-refractivity contribution in [2.45, 2.75) is 31.8 Å². The molecule has 1 aliphatic heterocycles. The van der Waals surface area contributed by atoms with Crippen LogP contribution in [-0.2, 0) is 9.47 Å². The lowest BCUT2D eigenvalue weighted by Crippen LogP contribution is -2.20. The van der Waals surface area contributed by atoms with Crippen LogP contribution in [0.1, 0.15) is 31.1 Å². The summed E-state index contributed by atoms with van der Waals surface area (Å²) in [5.74, 6) is -0.496. The lowest BCUT2D eigenvalue weighted by atomic mass is 9.93. The first kappa shape index (κ1) is 10.5. The van der Waals surface area contributed by atoms with Gasteiger partial charge in [-0.25, -0.2) is 0 Å². The zero-order valence-corrected chi connectivity index (χ0v) is 10.8. The Hall–Kier alpha value is -0.640. The highest BCUT2D eigenvalue weighted by Gasteiger charge is 2.42. The third kappa shape index (κ3) is 1.63. The standard InChI is InChI=1S/C13H13BrO2/c1-13(2)15-11-6-4-8-3-5-9(14)7-10(8)12(11)16-13/h3-7,11-12H,1-2H3/t11-,12+/m0/s1. The van der Waals surface area contributed by atoms with Crippen molar-refractivity contribution in [2.75, 3.05) is 0 Å². The van der Waals surface area contributed by atoms with Gasteiger partial charge in [0.05, 0.1) is 0 Å². The highest BCUT2D eigenvalue weighted by molar-refractivity contribution is 9.10. The lowest BCUT2D eigenvalue weighted by Gasteiger charge is -2.21. The van der Waals surface area contributed by atoms with E-state index in [1.165, 1.54) is 11.1 Å². The second kappa shape index (κ2) is 3.42. The third-order valence-corrected chi connectivity index (χ3v) is 3.44. The molecule has 3 rings (SSSR count). The van der Waals surface area contributed by atoms with Gasteiger partial charge in [0.15, 0.2) is 5.79 Å². The molecule has 1 saturated heterocycles. The number of benzene rings is 1. The average Bonchev–Trinajstić information content (AvgIpc) is 2.52. The fourth-order valence-corrected chi connectivity index (χ4v) is 2.69. The maximum absolute atomic E-state index is 5.94. The molecule has 84 valence electrons. The summed E-state index contributed by atoms with van der Waals surface area (Å²) in [6, 6.07) is 6.26. The summed E-state index contributed by atoms with van der Waals surface area (Å²) >= 11 is 3.50. The topological polar surface area (TPSA) is 18.5 Å². The summed E-state index contributed by atoms with van der Waals surface area (Å²) < 4.78 is 12.8. The summed E-state index contributed by atoms with van der Waals surface area (Å²) in [5, 5.41) is 0. The number of rotatable bonds is 0. The van der Waals surface area contributed by atoms with Crippen LogP contribution in [0.5, 0.6) is 0 Å². The minimum atomic E-state index is -0.496. The van der Waals surface area contributed by atoms with Gasteiger partial charge in [0.25, 0.3) is 0 Å². The Labute approximate surface area is 103 Å². The first-order valence-corrected chi connectivity index (χ1v) is 6.18. The fourth-order valence-electron chi connectivity index (χ4n) is 2.31. The molecule has 0 bridgehead atoms. The van der Waals surface area contributed by atoms with Crippen LogP contribution in [0.4, 0.5) is 0 Å². The molecule has 1 fully saturated rings. The van der Waals surface area contributed by atoms with Crippen molar-refractivity contribution in [3.05, 3.63) is 39.9 Å². The summed E-state index contributed by atoms with van der Waals surface area (Å²) in [6.45, 7) is 3.91. The van der Waals surface area contributed by atoms with Gasteiger partial charge in [-0.3, -0.25) is 0 Å². The van der Waals surface area contributed by atoms with Gasteiger partial charge in [-0.1, -0.05) is 34.1 Å². The minimum absolute atomic E-state index is 0.0208. The highest BCUT2D eigenvalue weighted by atomic mass is 79.9. The molecule has 16 heavy (non-hydrogen) atoms. The molecular weight excluding hydrogens is 268 g/mol.